The fourth-order valence-corrected chi connectivity index (χ4v) is 3.25. The Morgan fingerprint density at radius 2 is 1.88 bits per heavy atom. The average molecular weight is 432 g/mol. The second-order valence-corrected chi connectivity index (χ2v) is 7.83. The molecule has 0 fully saturated rings. The number of hydrogen-bond acceptors (Lipinski definition) is 7. The first-order chi connectivity index (χ1) is 15.3. The molecular weight excluding hydrogens is 406 g/mol. The van der Waals surface area contributed by atoms with Crippen molar-refractivity contribution in [1.82, 2.24) is 29.3 Å². The highest BCUT2D eigenvalue weighted by Gasteiger charge is 2.14. The van der Waals surface area contributed by atoms with E-state index in [1.54, 1.807) is 42.5 Å². The molecule has 0 aromatic carbocycles. The Morgan fingerprint density at radius 3 is 2.56 bits per heavy atom. The van der Waals surface area contributed by atoms with Gasteiger partial charge in [0.15, 0.2) is 5.75 Å². The third-order valence-corrected chi connectivity index (χ3v) is 4.89. The van der Waals surface area contributed by atoms with Gasteiger partial charge >= 0.3 is 0 Å². The lowest BCUT2D eigenvalue weighted by atomic mass is 10.1. The van der Waals surface area contributed by atoms with E-state index >= 15 is 0 Å². The summed E-state index contributed by atoms with van der Waals surface area (Å²) in [5.41, 5.74) is 3.36. The summed E-state index contributed by atoms with van der Waals surface area (Å²) < 4.78 is 9.21. The molecule has 0 spiro atoms. The number of aromatic nitrogens is 6. The van der Waals surface area contributed by atoms with E-state index in [1.165, 1.54) is 4.57 Å². The van der Waals surface area contributed by atoms with Crippen LogP contribution >= 0.6 is 0 Å². The number of pyridine rings is 2. The van der Waals surface area contributed by atoms with Crippen LogP contribution in [0.2, 0.25) is 0 Å². The molecule has 164 valence electrons. The summed E-state index contributed by atoms with van der Waals surface area (Å²) in [6.45, 7) is 5.81. The Morgan fingerprint density at radius 1 is 1.06 bits per heavy atom. The highest BCUT2D eigenvalue weighted by Crippen LogP contribution is 2.28. The topological polar surface area (TPSA) is 99.8 Å². The minimum atomic E-state index is -0.172. The fourth-order valence-electron chi connectivity index (χ4n) is 3.25. The quantitative estimate of drug-likeness (QED) is 0.498. The summed E-state index contributed by atoms with van der Waals surface area (Å²) in [6, 6.07) is 7.46. The highest BCUT2D eigenvalue weighted by molar-refractivity contribution is 5.63. The van der Waals surface area contributed by atoms with Gasteiger partial charge in [-0.3, -0.25) is 14.0 Å². The van der Waals surface area contributed by atoms with Crippen LogP contribution in [0, 0.1) is 6.92 Å². The third-order valence-electron chi connectivity index (χ3n) is 4.89. The van der Waals surface area contributed by atoms with Gasteiger partial charge in [0.1, 0.15) is 0 Å². The number of hydrogen-bond donors (Lipinski definition) is 1. The van der Waals surface area contributed by atoms with E-state index in [0.717, 1.165) is 11.1 Å². The van der Waals surface area contributed by atoms with Crippen LogP contribution in [0.25, 0.3) is 22.4 Å². The maximum atomic E-state index is 12.8. The van der Waals surface area contributed by atoms with Gasteiger partial charge in [0.2, 0.25) is 11.8 Å². The summed E-state index contributed by atoms with van der Waals surface area (Å²) in [4.78, 5) is 26.1. The van der Waals surface area contributed by atoms with Gasteiger partial charge in [0.25, 0.3) is 5.56 Å². The predicted octanol–water partition coefficient (Wildman–Crippen LogP) is 3.56. The number of rotatable bonds is 6. The smallest absolute Gasteiger partial charge is 0.264 e. The number of anilines is 1. The van der Waals surface area contributed by atoms with Gasteiger partial charge in [0.05, 0.1) is 23.1 Å². The molecule has 4 rings (SSSR count). The normalized spacial score (nSPS) is 11.1. The molecule has 0 amide bonds. The lowest BCUT2D eigenvalue weighted by molar-refractivity contribution is 0.457. The maximum absolute atomic E-state index is 12.8. The molecule has 0 radical (unpaired) electrons. The van der Waals surface area contributed by atoms with Gasteiger partial charge in [-0.25, -0.2) is 15.0 Å². The third kappa shape index (κ3) is 4.36. The van der Waals surface area contributed by atoms with Crippen molar-refractivity contribution in [2.75, 3.05) is 5.32 Å². The largest absolute Gasteiger partial charge is 0.437 e. The van der Waals surface area contributed by atoms with Crippen molar-refractivity contribution in [3.05, 3.63) is 65.1 Å². The van der Waals surface area contributed by atoms with Crippen LogP contribution in [0.15, 0.2) is 53.8 Å². The lowest BCUT2D eigenvalue weighted by Crippen LogP contribution is -2.25. The molecule has 0 saturated heterocycles. The van der Waals surface area contributed by atoms with Crippen LogP contribution in [-0.2, 0) is 14.1 Å². The van der Waals surface area contributed by atoms with Gasteiger partial charge < -0.3 is 10.1 Å². The Kier molecular flexibility index (Phi) is 5.72. The van der Waals surface area contributed by atoms with Crippen molar-refractivity contribution >= 4 is 5.95 Å². The summed E-state index contributed by atoms with van der Waals surface area (Å²) in [5.74, 6) is 1.53. The molecule has 4 aromatic heterocycles. The second kappa shape index (κ2) is 8.62. The summed E-state index contributed by atoms with van der Waals surface area (Å²) in [7, 11) is 3.56. The zero-order valence-corrected chi connectivity index (χ0v) is 18.7. The highest BCUT2D eigenvalue weighted by atomic mass is 16.5. The van der Waals surface area contributed by atoms with E-state index in [9.17, 15) is 4.79 Å². The van der Waals surface area contributed by atoms with Gasteiger partial charge in [0, 0.05) is 50.4 Å². The molecule has 0 saturated carbocycles. The Hall–Kier alpha value is -4.01. The van der Waals surface area contributed by atoms with Crippen molar-refractivity contribution in [2.45, 2.75) is 26.8 Å². The molecule has 0 bridgehead atoms. The molecule has 0 atom stereocenters. The molecule has 0 unspecified atom stereocenters. The molecule has 4 aromatic rings. The standard InChI is InChI=1S/C23H25N7O2/c1-14(2)27-23-25-12-18(22(31)30(23)5)19-6-7-20(15(3)28-19)32-21-10-16(8-9-24-21)17-11-26-29(4)13-17/h6-14H,1-5H3,(H,25,27). The zero-order chi connectivity index (χ0) is 22.8. The number of nitrogens with one attached hydrogen (secondary N) is 1. The fraction of sp³-hybridized carbons (Fsp3) is 0.261. The molecule has 1 N–H and O–H groups in total. The van der Waals surface area contributed by atoms with Crippen molar-refractivity contribution in [3.8, 4) is 34.0 Å². The van der Waals surface area contributed by atoms with Crippen molar-refractivity contribution in [2.24, 2.45) is 14.1 Å². The van der Waals surface area contributed by atoms with Crippen LogP contribution in [0.4, 0.5) is 5.95 Å². The molecule has 0 aliphatic rings. The Balaban J connectivity index is 1.60. The van der Waals surface area contributed by atoms with Crippen LogP contribution in [-0.4, -0.2) is 35.3 Å². The van der Waals surface area contributed by atoms with E-state index in [1.807, 2.05) is 46.1 Å². The van der Waals surface area contributed by atoms with Gasteiger partial charge in [-0.05, 0) is 44.5 Å². The Labute approximate surface area is 185 Å². The number of nitrogens with zero attached hydrogens (tertiary/aromatic N) is 6. The average Bonchev–Trinajstić information content (AvgIpc) is 3.19. The molecule has 4 heterocycles. The first kappa shape index (κ1) is 21.2. The van der Waals surface area contributed by atoms with Crippen molar-refractivity contribution < 1.29 is 4.74 Å². The van der Waals surface area contributed by atoms with E-state index in [2.05, 4.69) is 25.4 Å². The maximum Gasteiger partial charge on any atom is 0.264 e. The molecule has 32 heavy (non-hydrogen) atoms. The van der Waals surface area contributed by atoms with Gasteiger partial charge in [-0.2, -0.15) is 5.10 Å². The summed E-state index contributed by atoms with van der Waals surface area (Å²) in [6.07, 6.45) is 6.96. The van der Waals surface area contributed by atoms with Crippen LogP contribution in [0.1, 0.15) is 19.5 Å². The number of ether oxygens (including phenoxy) is 1. The number of aryl methyl sites for hydroxylation is 2. The van der Waals surface area contributed by atoms with E-state index in [-0.39, 0.29) is 11.6 Å². The van der Waals surface area contributed by atoms with Crippen LogP contribution in [0.5, 0.6) is 11.6 Å². The second-order valence-electron chi connectivity index (χ2n) is 7.83. The molecule has 0 aliphatic carbocycles. The minimum Gasteiger partial charge on any atom is -0.437 e. The summed E-state index contributed by atoms with van der Waals surface area (Å²) in [5, 5.41) is 7.36. The SMILES string of the molecule is Cc1nc(-c2cnc(NC(C)C)n(C)c2=O)ccc1Oc1cc(-c2cnn(C)c2)ccn1. The van der Waals surface area contributed by atoms with E-state index in [0.29, 0.717) is 34.5 Å². The first-order valence-electron chi connectivity index (χ1n) is 10.3. The summed E-state index contributed by atoms with van der Waals surface area (Å²) >= 11 is 0. The lowest BCUT2D eigenvalue weighted by Gasteiger charge is -2.14. The molecular formula is C23H25N7O2. The first-order valence-corrected chi connectivity index (χ1v) is 10.3. The Bertz CT molecular complexity index is 1320. The van der Waals surface area contributed by atoms with E-state index in [4.69, 9.17) is 4.74 Å². The van der Waals surface area contributed by atoms with Gasteiger partial charge in [-0.1, -0.05) is 0 Å². The molecule has 9 nitrogen and oxygen atoms in total. The zero-order valence-electron chi connectivity index (χ0n) is 18.7. The van der Waals surface area contributed by atoms with Crippen LogP contribution in [0.3, 0.4) is 0 Å². The molecule has 0 aliphatic heterocycles. The van der Waals surface area contributed by atoms with E-state index < -0.39 is 0 Å². The van der Waals surface area contributed by atoms with Crippen LogP contribution < -0.4 is 15.6 Å². The monoisotopic (exact) mass is 431 g/mol. The van der Waals surface area contributed by atoms with Crippen molar-refractivity contribution in [3.63, 3.8) is 0 Å². The predicted molar refractivity (Wildman–Crippen MR) is 123 cm³/mol. The molecule has 9 heteroatoms. The van der Waals surface area contributed by atoms with Gasteiger partial charge in [-0.15, -0.1) is 0 Å². The minimum absolute atomic E-state index is 0.168. The van der Waals surface area contributed by atoms with Crippen molar-refractivity contribution in [1.29, 1.82) is 0 Å².